The molecule has 2 heterocycles. The zero-order valence-corrected chi connectivity index (χ0v) is 15.7. The van der Waals surface area contributed by atoms with Crippen molar-refractivity contribution in [2.24, 2.45) is 5.92 Å². The summed E-state index contributed by atoms with van der Waals surface area (Å²) in [7, 11) is 0. The summed E-state index contributed by atoms with van der Waals surface area (Å²) < 4.78 is 0. The molecule has 1 aliphatic heterocycles. The topological polar surface area (TPSA) is 29.0 Å². The van der Waals surface area contributed by atoms with Gasteiger partial charge in [0.25, 0.3) is 0 Å². The molecule has 1 unspecified atom stereocenters. The molecule has 130 valence electrons. The number of hydrogen-bond donors (Lipinski definition) is 0. The first-order chi connectivity index (χ1) is 11.3. The van der Waals surface area contributed by atoms with E-state index in [9.17, 15) is 0 Å². The van der Waals surface area contributed by atoms with Crippen LogP contribution >= 0.6 is 0 Å². The minimum Gasteiger partial charge on any atom is -0.295 e. The SMILES string of the molecule is C=C(C)C1CC=C(CN2CCc3nc(C(C)(C)C)ncc3C2)CC1. The van der Waals surface area contributed by atoms with Crippen LogP contribution in [-0.4, -0.2) is 28.0 Å². The molecule has 1 aromatic rings. The third-order valence-corrected chi connectivity index (χ3v) is 5.31. The third kappa shape index (κ3) is 3.94. The van der Waals surface area contributed by atoms with Crippen molar-refractivity contribution in [2.45, 2.75) is 65.3 Å². The van der Waals surface area contributed by atoms with Gasteiger partial charge in [0, 0.05) is 48.9 Å². The molecule has 0 saturated carbocycles. The maximum atomic E-state index is 4.83. The predicted molar refractivity (Wildman–Crippen MR) is 100.0 cm³/mol. The largest absolute Gasteiger partial charge is 0.295 e. The Hall–Kier alpha value is -1.48. The Morgan fingerprint density at radius 3 is 2.75 bits per heavy atom. The van der Waals surface area contributed by atoms with E-state index >= 15 is 0 Å². The lowest BCUT2D eigenvalue weighted by Crippen LogP contribution is -2.34. The van der Waals surface area contributed by atoms with E-state index in [4.69, 9.17) is 4.98 Å². The van der Waals surface area contributed by atoms with Gasteiger partial charge >= 0.3 is 0 Å². The molecule has 0 fully saturated rings. The smallest absolute Gasteiger partial charge is 0.133 e. The second-order valence-corrected chi connectivity index (χ2v) is 8.56. The first-order valence-electron chi connectivity index (χ1n) is 9.24. The quantitative estimate of drug-likeness (QED) is 0.770. The van der Waals surface area contributed by atoms with Crippen LogP contribution in [0, 0.1) is 5.92 Å². The Bertz CT molecular complexity index is 652. The van der Waals surface area contributed by atoms with E-state index in [0.29, 0.717) is 5.92 Å². The molecule has 3 nitrogen and oxygen atoms in total. The minimum absolute atomic E-state index is 0.0267. The standard InChI is InChI=1S/C21H31N3/c1-15(2)17-8-6-16(7-9-17)13-24-11-10-19-18(14-24)12-22-20(23-19)21(3,4)5/h6,12,17H,1,7-11,13-14H2,2-5H3. The van der Waals surface area contributed by atoms with Gasteiger partial charge in [0.15, 0.2) is 0 Å². The van der Waals surface area contributed by atoms with Crippen molar-refractivity contribution in [1.82, 2.24) is 14.9 Å². The van der Waals surface area contributed by atoms with Crippen LogP contribution in [0.15, 0.2) is 30.0 Å². The molecule has 0 amide bonds. The van der Waals surface area contributed by atoms with Gasteiger partial charge in [-0.1, -0.05) is 44.6 Å². The fraction of sp³-hybridized carbons (Fsp3) is 0.619. The van der Waals surface area contributed by atoms with Gasteiger partial charge in [0.05, 0.1) is 0 Å². The Labute approximate surface area is 146 Å². The van der Waals surface area contributed by atoms with Gasteiger partial charge in [-0.3, -0.25) is 4.90 Å². The lowest BCUT2D eigenvalue weighted by Gasteiger charge is -2.31. The van der Waals surface area contributed by atoms with E-state index in [2.05, 4.69) is 56.4 Å². The fourth-order valence-electron chi connectivity index (χ4n) is 3.64. The molecule has 0 bridgehead atoms. The highest BCUT2D eigenvalue weighted by Gasteiger charge is 2.24. The Morgan fingerprint density at radius 2 is 2.12 bits per heavy atom. The molecule has 24 heavy (non-hydrogen) atoms. The van der Waals surface area contributed by atoms with Gasteiger partial charge in [-0.05, 0) is 32.1 Å². The summed E-state index contributed by atoms with van der Waals surface area (Å²) in [4.78, 5) is 12.0. The number of hydrogen-bond acceptors (Lipinski definition) is 3. The van der Waals surface area contributed by atoms with Crippen LogP contribution in [0.5, 0.6) is 0 Å². The molecular weight excluding hydrogens is 294 g/mol. The van der Waals surface area contributed by atoms with E-state index in [0.717, 1.165) is 31.9 Å². The Morgan fingerprint density at radius 1 is 1.33 bits per heavy atom. The summed E-state index contributed by atoms with van der Waals surface area (Å²) in [6.07, 6.45) is 9.22. The van der Waals surface area contributed by atoms with Crippen molar-refractivity contribution >= 4 is 0 Å². The number of rotatable bonds is 3. The molecule has 1 aliphatic carbocycles. The summed E-state index contributed by atoms with van der Waals surface area (Å²) >= 11 is 0. The van der Waals surface area contributed by atoms with Crippen LogP contribution in [0.25, 0.3) is 0 Å². The molecule has 3 rings (SSSR count). The second-order valence-electron chi connectivity index (χ2n) is 8.56. The van der Waals surface area contributed by atoms with Gasteiger partial charge in [-0.15, -0.1) is 0 Å². The van der Waals surface area contributed by atoms with Crippen molar-refractivity contribution in [3.63, 3.8) is 0 Å². The molecule has 1 atom stereocenters. The maximum absolute atomic E-state index is 4.83. The van der Waals surface area contributed by atoms with E-state index in [1.54, 1.807) is 5.57 Å². The van der Waals surface area contributed by atoms with E-state index in [-0.39, 0.29) is 5.41 Å². The zero-order valence-electron chi connectivity index (χ0n) is 15.7. The van der Waals surface area contributed by atoms with Gasteiger partial charge in [-0.2, -0.15) is 0 Å². The summed E-state index contributed by atoms with van der Waals surface area (Å²) in [6, 6.07) is 0. The molecule has 0 N–H and O–H groups in total. The van der Waals surface area contributed by atoms with Crippen molar-refractivity contribution in [2.75, 3.05) is 13.1 Å². The first-order valence-corrected chi connectivity index (χ1v) is 9.24. The summed E-state index contributed by atoms with van der Waals surface area (Å²) in [5, 5.41) is 0. The predicted octanol–water partition coefficient (Wildman–Crippen LogP) is 4.43. The molecule has 0 saturated heterocycles. The van der Waals surface area contributed by atoms with Crippen LogP contribution in [0.3, 0.4) is 0 Å². The van der Waals surface area contributed by atoms with E-state index in [1.165, 1.54) is 36.1 Å². The van der Waals surface area contributed by atoms with Gasteiger partial charge in [0.1, 0.15) is 5.82 Å². The molecule has 1 aromatic heterocycles. The number of nitrogens with zero attached hydrogens (tertiary/aromatic N) is 3. The monoisotopic (exact) mass is 325 g/mol. The average molecular weight is 326 g/mol. The Balaban J connectivity index is 1.63. The summed E-state index contributed by atoms with van der Waals surface area (Å²) in [6.45, 7) is 16.0. The Kier molecular flexibility index (Phi) is 4.91. The van der Waals surface area contributed by atoms with Crippen molar-refractivity contribution in [1.29, 1.82) is 0 Å². The summed E-state index contributed by atoms with van der Waals surface area (Å²) in [5.41, 5.74) is 5.53. The summed E-state index contributed by atoms with van der Waals surface area (Å²) in [5.74, 6) is 1.66. The zero-order chi connectivity index (χ0) is 17.3. The van der Waals surface area contributed by atoms with E-state index < -0.39 is 0 Å². The number of allylic oxidation sites excluding steroid dienone is 2. The average Bonchev–Trinajstić information content (AvgIpc) is 2.54. The van der Waals surface area contributed by atoms with Crippen LogP contribution in [0.2, 0.25) is 0 Å². The molecule has 3 heteroatoms. The maximum Gasteiger partial charge on any atom is 0.133 e. The normalized spacial score (nSPS) is 22.0. The van der Waals surface area contributed by atoms with E-state index in [1.807, 2.05) is 0 Å². The lowest BCUT2D eigenvalue weighted by atomic mass is 9.85. The van der Waals surface area contributed by atoms with Crippen molar-refractivity contribution in [3.8, 4) is 0 Å². The van der Waals surface area contributed by atoms with Gasteiger partial charge in [0.2, 0.25) is 0 Å². The van der Waals surface area contributed by atoms with Gasteiger partial charge < -0.3 is 0 Å². The first kappa shape index (κ1) is 17.3. The van der Waals surface area contributed by atoms with Crippen LogP contribution in [-0.2, 0) is 18.4 Å². The molecule has 0 radical (unpaired) electrons. The third-order valence-electron chi connectivity index (χ3n) is 5.31. The van der Waals surface area contributed by atoms with Crippen molar-refractivity contribution in [3.05, 3.63) is 47.1 Å². The van der Waals surface area contributed by atoms with Crippen LogP contribution in [0.1, 0.15) is 64.0 Å². The van der Waals surface area contributed by atoms with Gasteiger partial charge in [-0.25, -0.2) is 9.97 Å². The fourth-order valence-corrected chi connectivity index (χ4v) is 3.64. The molecular formula is C21H31N3. The van der Waals surface area contributed by atoms with Crippen molar-refractivity contribution < 1.29 is 0 Å². The second kappa shape index (κ2) is 6.79. The highest BCUT2D eigenvalue weighted by atomic mass is 15.1. The molecule has 0 spiro atoms. The lowest BCUT2D eigenvalue weighted by molar-refractivity contribution is 0.266. The molecule has 2 aliphatic rings. The number of aromatic nitrogens is 2. The van der Waals surface area contributed by atoms with Crippen LogP contribution < -0.4 is 0 Å². The number of fused-ring (bicyclic) bond motifs is 1. The van der Waals surface area contributed by atoms with Crippen LogP contribution in [0.4, 0.5) is 0 Å². The molecule has 0 aromatic carbocycles. The minimum atomic E-state index is 0.0267. The highest BCUT2D eigenvalue weighted by Crippen LogP contribution is 2.29. The highest BCUT2D eigenvalue weighted by molar-refractivity contribution is 5.23.